The van der Waals surface area contributed by atoms with E-state index in [-0.39, 0.29) is 0 Å². The third-order valence-corrected chi connectivity index (χ3v) is 3.40. The minimum absolute atomic E-state index is 0.514. The van der Waals surface area contributed by atoms with Crippen molar-refractivity contribution >= 4 is 22.4 Å². The van der Waals surface area contributed by atoms with Gasteiger partial charge in [0.05, 0.1) is 6.07 Å². The summed E-state index contributed by atoms with van der Waals surface area (Å²) in [5.41, 5.74) is 0. The van der Waals surface area contributed by atoms with E-state index in [1.165, 1.54) is 0 Å². The van der Waals surface area contributed by atoms with Gasteiger partial charge in [-0.25, -0.2) is 12.0 Å². The molecule has 94 valence electrons. The first-order valence-corrected chi connectivity index (χ1v) is 7.44. The van der Waals surface area contributed by atoms with Gasteiger partial charge in [0, 0.05) is 24.2 Å². The van der Waals surface area contributed by atoms with Crippen LogP contribution in [-0.2, 0) is 14.0 Å². The normalized spacial score (nSPS) is 11.2. The van der Waals surface area contributed by atoms with Crippen molar-refractivity contribution in [2.24, 2.45) is 0 Å². The maximum Gasteiger partial charge on any atom is 0.228 e. The summed E-state index contributed by atoms with van der Waals surface area (Å²) in [6.45, 7) is 0. The molecule has 0 unspecified atom stereocenters. The average Bonchev–Trinajstić information content (AvgIpc) is 2.19. The van der Waals surface area contributed by atoms with Crippen molar-refractivity contribution in [1.29, 1.82) is 5.26 Å². The van der Waals surface area contributed by atoms with Crippen molar-refractivity contribution in [1.82, 2.24) is 0 Å². The van der Waals surface area contributed by atoms with E-state index < -0.39 is 10.4 Å². The molecule has 0 aromatic rings. The zero-order valence-corrected chi connectivity index (χ0v) is 10.7. The lowest BCUT2D eigenvalue weighted by atomic mass is 10.1. The predicted molar refractivity (Wildman–Crippen MR) is 61.2 cm³/mol. The maximum absolute atomic E-state index is 10.0. The molecule has 0 aliphatic heterocycles. The van der Waals surface area contributed by atoms with Crippen LogP contribution in [0.5, 0.6) is 0 Å². The Morgan fingerprint density at radius 3 is 2.25 bits per heavy atom. The molecule has 5 nitrogen and oxygen atoms in total. The molecule has 0 saturated heterocycles. The van der Waals surface area contributed by atoms with Crippen LogP contribution >= 0.6 is 12.0 Å². The minimum atomic E-state index is -4.55. The summed E-state index contributed by atoms with van der Waals surface area (Å²) in [7, 11) is -4.55. The number of rotatable bonds is 10. The Hall–Kier alpha value is -0.290. The summed E-state index contributed by atoms with van der Waals surface area (Å²) in [6.07, 6.45) is 6.60. The van der Waals surface area contributed by atoms with Crippen LogP contribution in [-0.4, -0.2) is 18.7 Å². The van der Waals surface area contributed by atoms with Gasteiger partial charge in [-0.2, -0.15) is 5.26 Å². The Labute approximate surface area is 101 Å². The van der Waals surface area contributed by atoms with Gasteiger partial charge in [-0.3, -0.25) is 0 Å². The Bertz CT molecular complexity index is 297. The molecule has 0 bridgehead atoms. The van der Waals surface area contributed by atoms with E-state index in [1.807, 2.05) is 0 Å². The second kappa shape index (κ2) is 9.90. The molecule has 0 fully saturated rings. The Morgan fingerprint density at radius 1 is 1.12 bits per heavy atom. The van der Waals surface area contributed by atoms with Gasteiger partial charge in [0.1, 0.15) is 0 Å². The van der Waals surface area contributed by atoms with Crippen molar-refractivity contribution in [3.8, 4) is 6.07 Å². The molecular weight excluding hydrogens is 250 g/mol. The second-order valence-corrected chi connectivity index (χ2v) is 5.33. The van der Waals surface area contributed by atoms with Crippen molar-refractivity contribution in [3.05, 3.63) is 0 Å². The summed E-state index contributed by atoms with van der Waals surface area (Å²) >= 11 is 0.689. The van der Waals surface area contributed by atoms with Gasteiger partial charge >= 0.3 is 0 Å². The van der Waals surface area contributed by atoms with Gasteiger partial charge in [-0.15, -0.1) is 0 Å². The third kappa shape index (κ3) is 13.7. The predicted octanol–water partition coefficient (Wildman–Crippen LogP) is 2.37. The quantitative estimate of drug-likeness (QED) is 0.261. The van der Waals surface area contributed by atoms with E-state index in [1.54, 1.807) is 0 Å². The topological polar surface area (TPSA) is 90.2 Å². The molecule has 0 spiro atoms. The van der Waals surface area contributed by atoms with Gasteiger partial charge in [0.2, 0.25) is 10.4 Å². The smallest absolute Gasteiger partial charge is 0.228 e. The minimum Gasteiger partial charge on any atom is -0.725 e. The molecule has 0 heterocycles. The van der Waals surface area contributed by atoms with E-state index >= 15 is 0 Å². The molecule has 0 N–H and O–H groups in total. The Morgan fingerprint density at radius 2 is 1.69 bits per heavy atom. The van der Waals surface area contributed by atoms with E-state index in [0.29, 0.717) is 24.2 Å². The zero-order chi connectivity index (χ0) is 12.3. The number of nitrogens with zero attached hydrogens (tertiary/aromatic N) is 1. The van der Waals surface area contributed by atoms with Crippen molar-refractivity contribution in [3.63, 3.8) is 0 Å². The molecule has 0 saturated carbocycles. The van der Waals surface area contributed by atoms with Gasteiger partial charge in [0.25, 0.3) is 0 Å². The second-order valence-electron chi connectivity index (χ2n) is 3.33. The highest BCUT2D eigenvalue weighted by atomic mass is 32.3. The molecule has 0 radical (unpaired) electrons. The van der Waals surface area contributed by atoms with Crippen LogP contribution in [0.2, 0.25) is 0 Å². The number of unbranched alkanes of at least 4 members (excludes halogenated alkanes) is 6. The largest absolute Gasteiger partial charge is 0.725 e. The van der Waals surface area contributed by atoms with Gasteiger partial charge < -0.3 is 4.55 Å². The molecule has 16 heavy (non-hydrogen) atoms. The molecule has 0 aromatic carbocycles. The fourth-order valence-corrected chi connectivity index (χ4v) is 2.23. The standard InChI is InChI=1S/C9H17NO4S2/c10-8-6-4-2-1-3-5-7-9-15-14-16(11,12)13/h1-7,9H2,(H,11,12,13)/p-1. The first-order valence-electron chi connectivity index (χ1n) is 5.20. The maximum atomic E-state index is 10.0. The fourth-order valence-electron chi connectivity index (χ4n) is 1.17. The van der Waals surface area contributed by atoms with E-state index in [9.17, 15) is 13.0 Å². The van der Waals surface area contributed by atoms with Gasteiger partial charge in [0.15, 0.2) is 0 Å². The molecule has 0 rings (SSSR count). The molecule has 0 amide bonds. The van der Waals surface area contributed by atoms with Crippen LogP contribution in [0.4, 0.5) is 0 Å². The monoisotopic (exact) mass is 266 g/mol. The lowest BCUT2D eigenvalue weighted by Crippen LogP contribution is -1.98. The molecular formula is C9H16NO4S2-. The first kappa shape index (κ1) is 15.7. The lowest BCUT2D eigenvalue weighted by molar-refractivity contribution is 0.391. The van der Waals surface area contributed by atoms with E-state index in [0.717, 1.165) is 38.5 Å². The molecule has 0 aromatic heterocycles. The average molecular weight is 266 g/mol. The van der Waals surface area contributed by atoms with Gasteiger partial charge in [-0.05, 0) is 12.8 Å². The summed E-state index contributed by atoms with van der Waals surface area (Å²) < 4.78 is 34.1. The zero-order valence-electron chi connectivity index (χ0n) is 9.05. The third-order valence-electron chi connectivity index (χ3n) is 1.90. The van der Waals surface area contributed by atoms with Crippen LogP contribution < -0.4 is 0 Å². The van der Waals surface area contributed by atoms with E-state index in [2.05, 4.69) is 9.70 Å². The van der Waals surface area contributed by atoms with Crippen LogP contribution in [0.15, 0.2) is 0 Å². The fraction of sp³-hybridized carbons (Fsp3) is 0.889. The van der Waals surface area contributed by atoms with Gasteiger partial charge in [-0.1, -0.05) is 25.7 Å². The first-order chi connectivity index (χ1) is 7.56. The van der Waals surface area contributed by atoms with Crippen LogP contribution in [0.25, 0.3) is 0 Å². The Kier molecular flexibility index (Phi) is 9.72. The molecule has 0 atom stereocenters. The SMILES string of the molecule is N#CCCCCCCCCSOS(=O)(=O)[O-]. The summed E-state index contributed by atoms with van der Waals surface area (Å²) in [5.74, 6) is 0.514. The van der Waals surface area contributed by atoms with Crippen molar-refractivity contribution in [2.75, 3.05) is 5.75 Å². The van der Waals surface area contributed by atoms with Crippen LogP contribution in [0, 0.1) is 11.3 Å². The summed E-state index contributed by atoms with van der Waals surface area (Å²) in [6, 6.07) is 2.09. The molecule has 0 aliphatic carbocycles. The summed E-state index contributed by atoms with van der Waals surface area (Å²) in [5, 5.41) is 8.29. The highest BCUT2D eigenvalue weighted by Crippen LogP contribution is 2.12. The number of hydrogen-bond donors (Lipinski definition) is 0. The Balaban J connectivity index is 3.08. The molecule has 0 aliphatic rings. The highest BCUT2D eigenvalue weighted by molar-refractivity contribution is 8.02. The summed E-state index contributed by atoms with van der Waals surface area (Å²) in [4.78, 5) is 0. The number of hydrogen-bond acceptors (Lipinski definition) is 6. The van der Waals surface area contributed by atoms with Crippen molar-refractivity contribution < 1.29 is 16.6 Å². The van der Waals surface area contributed by atoms with Crippen LogP contribution in [0.3, 0.4) is 0 Å². The lowest BCUT2D eigenvalue weighted by Gasteiger charge is -2.05. The van der Waals surface area contributed by atoms with Crippen LogP contribution in [0.1, 0.15) is 44.9 Å². The highest BCUT2D eigenvalue weighted by Gasteiger charge is 1.96. The number of nitriles is 1. The van der Waals surface area contributed by atoms with E-state index in [4.69, 9.17) is 5.26 Å². The molecule has 7 heteroatoms. The van der Waals surface area contributed by atoms with Crippen molar-refractivity contribution in [2.45, 2.75) is 44.9 Å².